The van der Waals surface area contributed by atoms with Crippen LogP contribution in [0.25, 0.3) is 11.1 Å². The van der Waals surface area contributed by atoms with E-state index in [0.717, 1.165) is 71.8 Å². The molecule has 7 heterocycles. The van der Waals surface area contributed by atoms with Crippen LogP contribution in [0.1, 0.15) is 116 Å². The molecule has 7 aliphatic heterocycles. The fourth-order valence-electron chi connectivity index (χ4n) is 14.7. The lowest BCUT2D eigenvalue weighted by Gasteiger charge is -2.48. The molecule has 2 fully saturated rings. The van der Waals surface area contributed by atoms with E-state index < -0.39 is 225 Å². The third kappa shape index (κ3) is 19.7. The number of rotatable bonds is 20. The molecule has 0 aromatic heterocycles. The number of primary amides is 1. The van der Waals surface area contributed by atoms with Gasteiger partial charge in [-0.1, -0.05) is 96.6 Å². The minimum absolute atomic E-state index is 0.104. The van der Waals surface area contributed by atoms with Crippen molar-refractivity contribution in [2.75, 3.05) is 20.6 Å². The number of ether oxygens (including phenoxy) is 7. The highest BCUT2D eigenvalue weighted by atomic mass is 35.5. The Labute approximate surface area is 700 Å². The predicted octanol–water partition coefficient (Wildman–Crippen LogP) is 5.05. The lowest BCUT2D eigenvalue weighted by molar-refractivity contribution is -0.332. The molecule has 0 radical (unpaired) electrons. The Morgan fingerprint density at radius 2 is 1.28 bits per heavy atom. The topological polar surface area (TPSA) is 518 Å². The molecule has 9 unspecified atom stereocenters. The second-order valence-electron chi connectivity index (χ2n) is 30.0. The summed E-state index contributed by atoms with van der Waals surface area (Å²) in [5.74, 6) is -15.2. The highest BCUT2D eigenvalue weighted by Gasteiger charge is 2.52. The highest BCUT2D eigenvalue weighted by Crippen LogP contribution is 2.50. The molecule has 119 heavy (non-hydrogen) atoms. The molecule has 11 bridgehead atoms. The van der Waals surface area contributed by atoms with E-state index >= 15 is 14.4 Å². The van der Waals surface area contributed by atoms with Crippen LogP contribution in [0.5, 0.6) is 51.7 Å². The zero-order valence-corrected chi connectivity index (χ0v) is 67.4. The number of aliphatic carboxylic acids is 1. The minimum Gasteiger partial charge on any atom is -0.508 e. The van der Waals surface area contributed by atoms with Crippen molar-refractivity contribution in [1.29, 1.82) is 0 Å². The molecule has 7 aromatic carbocycles. The number of halogens is 4. The normalized spacial score (nSPS) is 26.7. The summed E-state index contributed by atoms with van der Waals surface area (Å²) in [7, 11) is 3.01. The molecule has 0 aliphatic carbocycles. The fraction of sp³-hybridized carbons (Fsp3) is 0.383. The van der Waals surface area contributed by atoms with Crippen LogP contribution in [-0.4, -0.2) is 193 Å². The fourth-order valence-corrected chi connectivity index (χ4v) is 15.4. The Morgan fingerprint density at radius 1 is 0.647 bits per heavy atom. The molecule has 2 saturated heterocycles. The summed E-state index contributed by atoms with van der Waals surface area (Å²) in [6, 6.07) is 12.0. The molecule has 7 aromatic rings. The van der Waals surface area contributed by atoms with Gasteiger partial charge in [-0.3, -0.25) is 33.6 Å². The number of aliphatic hydroxyl groups excluding tert-OH is 5. The maximum absolute atomic E-state index is 16.3. The average Bonchev–Trinajstić information content (AvgIpc) is 0.765. The maximum Gasteiger partial charge on any atom is 0.330 e. The first-order valence-corrected chi connectivity index (χ1v) is 39.1. The Hall–Kier alpha value is -10.4. The molecule has 0 saturated carbocycles. The number of benzene rings is 7. The number of carboxylic acid groups (broad SMARTS) is 1. The number of amides is 7. The summed E-state index contributed by atoms with van der Waals surface area (Å²) in [5, 5.41) is 130. The van der Waals surface area contributed by atoms with E-state index in [1.165, 1.54) is 32.3 Å². The number of fused-ring (bicyclic) bond motifs is 15. The summed E-state index contributed by atoms with van der Waals surface area (Å²) >= 11 is 26.7. The summed E-state index contributed by atoms with van der Waals surface area (Å²) in [5.41, 5.74) is 3.33. The van der Waals surface area contributed by atoms with Crippen molar-refractivity contribution in [3.8, 4) is 62.9 Å². The van der Waals surface area contributed by atoms with Crippen LogP contribution in [-0.2, 0) is 65.7 Å². The van der Waals surface area contributed by atoms with Gasteiger partial charge in [0.05, 0.1) is 44.8 Å². The van der Waals surface area contributed by atoms with Crippen molar-refractivity contribution in [2.45, 2.75) is 169 Å². The Bertz CT molecular complexity index is 5040. The van der Waals surface area contributed by atoms with Crippen LogP contribution in [0.4, 0.5) is 0 Å². The molecule has 38 heteroatoms. The molecular formula is C81H88Cl4N10O24. The summed E-state index contributed by atoms with van der Waals surface area (Å²) in [4.78, 5) is 118. The summed E-state index contributed by atoms with van der Waals surface area (Å²) in [6.07, 6.45) is -17.8. The molecule has 634 valence electrons. The number of aliphatic hydroxyl groups is 5. The number of nitrogens with two attached hydrogens (primary N) is 1. The number of carbonyl (C=O) groups is 8. The number of phenolic OH excluding ortho intramolecular Hbond substituents is 3. The van der Waals surface area contributed by atoms with Gasteiger partial charge in [-0.25, -0.2) is 4.79 Å². The zero-order chi connectivity index (χ0) is 85.9. The van der Waals surface area contributed by atoms with Gasteiger partial charge in [-0.2, -0.15) is 0 Å². The van der Waals surface area contributed by atoms with E-state index in [-0.39, 0.29) is 71.7 Å². The van der Waals surface area contributed by atoms with E-state index in [1.54, 1.807) is 44.2 Å². The lowest BCUT2D eigenvalue weighted by Crippen LogP contribution is -2.65. The molecule has 34 nitrogen and oxygen atoms in total. The monoisotopic (exact) mass is 1720 g/mol. The van der Waals surface area contributed by atoms with Crippen LogP contribution < -0.4 is 72.5 Å². The Kier molecular flexibility index (Phi) is 27.4. The number of phenols is 3. The number of carbonyl (C=O) groups excluding carboxylic acids is 7. The van der Waals surface area contributed by atoms with Crippen LogP contribution in [0, 0.1) is 5.92 Å². The standard InChI is InChI=1S/C81H88Cl4N10O24/c1-33(2)19-49(88-6)73(105)94-64-66(100)38-11-17-53(47(84)22-38)115-55-24-40-25-56(70(55)119-80-71(69(103)68(102)57(117-80)31-87-5)118-59-29-81(4,72(104)34(3)114-59)89-30-35-7-13-42(14-8-35)113-32-36-9-15-45(82)46(83)20-36)116-54-18-12-39(23-48(54)85)67(101)65-78(110)93-63(79(111)112)44-26-41(96)27-52(98)60(44)43-21-37(10-16-51(43)97)61(75(107)95-65)92-76(108)62(40)91-74(106)50(28-58(86)99)90-77(64)109/h7-18,20-27,33-34,49-50,57,59,61-69,71-72,80,87-89,96-98,100-104H,19,28-32H2,1-6H3,(H2,86,99)(H,90,109)(H,91,106)(H,92,108)(H,93,110)(H,94,105)(H,95,107)(H,111,112)/t34?,49-,50+,57?,59?,61-,62-,63+,64-,65+,66-,67-,68?,69?,71?,72?,80?,81?/m1/s1. The van der Waals surface area contributed by atoms with E-state index in [2.05, 4.69) is 47.9 Å². The second-order valence-corrected chi connectivity index (χ2v) is 31.7. The van der Waals surface area contributed by atoms with Gasteiger partial charge < -0.3 is 133 Å². The highest BCUT2D eigenvalue weighted by molar-refractivity contribution is 6.42. The van der Waals surface area contributed by atoms with Gasteiger partial charge in [0.1, 0.15) is 102 Å². The number of aromatic hydroxyl groups is 3. The molecule has 18 atom stereocenters. The predicted molar refractivity (Wildman–Crippen MR) is 426 cm³/mol. The van der Waals surface area contributed by atoms with E-state index in [9.17, 15) is 69.9 Å². The van der Waals surface area contributed by atoms with Crippen molar-refractivity contribution in [3.05, 3.63) is 180 Å². The van der Waals surface area contributed by atoms with Gasteiger partial charge in [-0.05, 0) is 153 Å². The van der Waals surface area contributed by atoms with Crippen LogP contribution in [0.2, 0.25) is 20.1 Å². The molecule has 7 amide bonds. The Balaban J connectivity index is 1.02. The van der Waals surface area contributed by atoms with E-state index in [4.69, 9.17) is 85.3 Å². The number of carboxylic acids is 1. The first-order chi connectivity index (χ1) is 56.5. The van der Waals surface area contributed by atoms with Crippen molar-refractivity contribution in [3.63, 3.8) is 0 Å². The molecule has 14 rings (SSSR count). The van der Waals surface area contributed by atoms with Crippen molar-refractivity contribution >= 4 is 93.7 Å². The van der Waals surface area contributed by atoms with Crippen molar-refractivity contribution in [1.82, 2.24) is 47.9 Å². The quantitative estimate of drug-likeness (QED) is 0.0474. The van der Waals surface area contributed by atoms with Gasteiger partial charge in [0.15, 0.2) is 29.9 Å². The van der Waals surface area contributed by atoms with Crippen LogP contribution in [0.3, 0.4) is 0 Å². The number of hydrogen-bond donors (Lipinski definition) is 19. The molecule has 0 spiro atoms. The van der Waals surface area contributed by atoms with Crippen molar-refractivity contribution in [2.24, 2.45) is 11.7 Å². The molecular weight excluding hydrogens is 1640 g/mol. The van der Waals surface area contributed by atoms with E-state index in [1.807, 2.05) is 26.0 Å². The van der Waals surface area contributed by atoms with Gasteiger partial charge in [-0.15, -0.1) is 0 Å². The smallest absolute Gasteiger partial charge is 0.330 e. The summed E-state index contributed by atoms with van der Waals surface area (Å²) in [6.45, 7) is 7.15. The lowest BCUT2D eigenvalue weighted by atomic mass is 9.84. The zero-order valence-electron chi connectivity index (χ0n) is 64.4. The van der Waals surface area contributed by atoms with Gasteiger partial charge in [0.25, 0.3) is 0 Å². The van der Waals surface area contributed by atoms with E-state index in [0.29, 0.717) is 15.8 Å². The van der Waals surface area contributed by atoms with Gasteiger partial charge in [0, 0.05) is 47.8 Å². The summed E-state index contributed by atoms with van der Waals surface area (Å²) < 4.78 is 46.1. The Morgan fingerprint density at radius 3 is 1.90 bits per heavy atom. The number of hydrogen-bond acceptors (Lipinski definition) is 26. The van der Waals surface area contributed by atoms with Gasteiger partial charge in [0.2, 0.25) is 53.4 Å². The van der Waals surface area contributed by atoms with Crippen LogP contribution in [0.15, 0.2) is 121 Å². The average molecular weight is 1730 g/mol. The van der Waals surface area contributed by atoms with Gasteiger partial charge >= 0.3 is 5.97 Å². The number of likely N-dealkylation sites (N-methyl/N-ethyl adjacent to an activating group) is 2. The van der Waals surface area contributed by atoms with Crippen LogP contribution >= 0.6 is 46.4 Å². The first-order valence-electron chi connectivity index (χ1n) is 37.6. The first kappa shape index (κ1) is 87.9. The minimum atomic E-state index is -2.35. The maximum atomic E-state index is 16.3. The number of nitrogens with one attached hydrogen (secondary N) is 9. The molecule has 20 N–H and O–H groups in total. The SMILES string of the molecule is CNCC1OC(Oc2c3cc4cc2Oc2ccc(cc2Cl)[C@@H](O)[C@@H](NC(=O)[C@@H](CC(C)C)NC)C(=O)N[C@@H](CC(N)=O)C(=O)N[C@H]4C(=O)N[C@H]2C(=O)N[C@H](C(=O)N[C@H](C(=O)O)c4cc(O)cc(O)c4-c4cc2ccc4O)[C@H](O)c2ccc(c(Cl)c2)O3)C(OC2CC(C)(NCc3ccc(OCc4ccc(Cl)c(Cl)c4)cc3)C(O)C(C)O2)C(O)C1O. The third-order valence-corrected chi connectivity index (χ3v) is 22.3. The van der Waals surface area contributed by atoms with Crippen molar-refractivity contribution < 1.29 is 117 Å². The second kappa shape index (κ2) is 37.1. The molecule has 7 aliphatic rings. The largest absolute Gasteiger partial charge is 0.508 e. The third-order valence-electron chi connectivity index (χ3n) is 21.0.